The van der Waals surface area contributed by atoms with Crippen LogP contribution in [0.4, 0.5) is 11.6 Å². The number of nitrogen functional groups attached to an aromatic ring is 1. The first kappa shape index (κ1) is 12.9. The molecule has 0 atom stereocenters. The van der Waals surface area contributed by atoms with Gasteiger partial charge >= 0.3 is 5.97 Å². The number of pyridine rings is 1. The molecule has 0 fully saturated rings. The van der Waals surface area contributed by atoms with Crippen LogP contribution in [0.2, 0.25) is 10.0 Å². The van der Waals surface area contributed by atoms with E-state index in [0.717, 1.165) is 0 Å². The summed E-state index contributed by atoms with van der Waals surface area (Å²) in [4.78, 5) is 14.8. The molecule has 0 aliphatic carbocycles. The number of ether oxygens (including phenoxy) is 1. The molecule has 7 heteroatoms. The predicted octanol–water partition coefficient (Wildman–Crippen LogP) is 1.95. The van der Waals surface area contributed by atoms with Gasteiger partial charge in [0.2, 0.25) is 0 Å². The summed E-state index contributed by atoms with van der Waals surface area (Å²) in [5, 5.41) is 3.51. The third-order valence-electron chi connectivity index (χ3n) is 1.81. The van der Waals surface area contributed by atoms with Gasteiger partial charge in [0.05, 0.1) is 23.6 Å². The highest BCUT2D eigenvalue weighted by molar-refractivity contribution is 6.37. The maximum absolute atomic E-state index is 10.8. The molecule has 0 radical (unpaired) electrons. The lowest BCUT2D eigenvalue weighted by molar-refractivity contribution is -0.140. The Morgan fingerprint density at radius 3 is 2.88 bits per heavy atom. The van der Waals surface area contributed by atoms with Gasteiger partial charge in [-0.1, -0.05) is 23.2 Å². The van der Waals surface area contributed by atoms with Crippen LogP contribution in [-0.2, 0) is 9.53 Å². The first-order valence-electron chi connectivity index (χ1n) is 4.46. The van der Waals surface area contributed by atoms with Crippen LogP contribution < -0.4 is 11.1 Å². The van der Waals surface area contributed by atoms with Crippen molar-refractivity contribution >= 4 is 40.8 Å². The average Bonchev–Trinajstić information content (AvgIpc) is 2.25. The Labute approximate surface area is 103 Å². The van der Waals surface area contributed by atoms with E-state index in [9.17, 15) is 4.79 Å². The number of nitrogens with two attached hydrogens (primary N) is 1. The topological polar surface area (TPSA) is 77.2 Å². The first-order chi connectivity index (χ1) is 7.54. The van der Waals surface area contributed by atoms with Crippen LogP contribution in [-0.4, -0.2) is 24.6 Å². The third kappa shape index (κ3) is 3.43. The summed E-state index contributed by atoms with van der Waals surface area (Å²) >= 11 is 11.6. The molecule has 5 nitrogen and oxygen atoms in total. The van der Waals surface area contributed by atoms with Crippen molar-refractivity contribution in [1.29, 1.82) is 0 Å². The molecule has 1 aromatic rings. The number of halogens is 2. The maximum Gasteiger partial charge on any atom is 0.307 e. The van der Waals surface area contributed by atoms with Crippen LogP contribution in [0.5, 0.6) is 0 Å². The van der Waals surface area contributed by atoms with Gasteiger partial charge in [0.25, 0.3) is 0 Å². The van der Waals surface area contributed by atoms with E-state index in [1.54, 1.807) is 0 Å². The second-order valence-corrected chi connectivity index (χ2v) is 3.75. The molecule has 0 unspecified atom stereocenters. The van der Waals surface area contributed by atoms with E-state index in [1.165, 1.54) is 13.2 Å². The van der Waals surface area contributed by atoms with Gasteiger partial charge in [-0.2, -0.15) is 0 Å². The largest absolute Gasteiger partial charge is 0.469 e. The van der Waals surface area contributed by atoms with Crippen molar-refractivity contribution in [2.75, 3.05) is 24.7 Å². The Hall–Kier alpha value is -1.20. The van der Waals surface area contributed by atoms with Gasteiger partial charge in [-0.15, -0.1) is 0 Å². The van der Waals surface area contributed by atoms with E-state index in [1.807, 2.05) is 0 Å². The highest BCUT2D eigenvalue weighted by Gasteiger charge is 2.07. The fourth-order valence-corrected chi connectivity index (χ4v) is 1.42. The molecule has 1 heterocycles. The summed E-state index contributed by atoms with van der Waals surface area (Å²) < 4.78 is 4.48. The molecular weight excluding hydrogens is 253 g/mol. The van der Waals surface area contributed by atoms with Crippen LogP contribution in [0.15, 0.2) is 6.07 Å². The van der Waals surface area contributed by atoms with E-state index in [0.29, 0.717) is 22.4 Å². The number of hydrogen-bond donors (Lipinski definition) is 2. The Morgan fingerprint density at radius 1 is 1.56 bits per heavy atom. The smallest absolute Gasteiger partial charge is 0.307 e. The molecule has 0 saturated carbocycles. The predicted molar refractivity (Wildman–Crippen MR) is 63.8 cm³/mol. The summed E-state index contributed by atoms with van der Waals surface area (Å²) in [6, 6.07) is 1.49. The monoisotopic (exact) mass is 263 g/mol. The molecule has 3 N–H and O–H groups in total. The van der Waals surface area contributed by atoms with Gasteiger partial charge in [-0.25, -0.2) is 4.98 Å². The van der Waals surface area contributed by atoms with Crippen LogP contribution in [0.25, 0.3) is 0 Å². The number of carbonyl (C=O) groups excluding carboxylic acids is 1. The zero-order valence-corrected chi connectivity index (χ0v) is 10.1. The molecule has 0 aromatic carbocycles. The Balaban J connectivity index is 2.60. The van der Waals surface area contributed by atoms with Crippen molar-refractivity contribution in [1.82, 2.24) is 4.98 Å². The molecule has 88 valence electrons. The summed E-state index contributed by atoms with van der Waals surface area (Å²) in [5.41, 5.74) is 5.51. The lowest BCUT2D eigenvalue weighted by Crippen LogP contribution is -2.11. The molecule has 0 saturated heterocycles. The number of anilines is 2. The van der Waals surface area contributed by atoms with Gasteiger partial charge in [-0.05, 0) is 6.07 Å². The number of nitrogens with zero attached hydrogens (tertiary/aromatic N) is 1. The minimum absolute atomic E-state index is 0.187. The van der Waals surface area contributed by atoms with E-state index in [-0.39, 0.29) is 18.2 Å². The molecule has 0 bridgehead atoms. The number of esters is 1. The van der Waals surface area contributed by atoms with Crippen molar-refractivity contribution < 1.29 is 9.53 Å². The zero-order chi connectivity index (χ0) is 12.1. The van der Waals surface area contributed by atoms with Gasteiger partial charge in [-0.3, -0.25) is 4.79 Å². The molecule has 1 aromatic heterocycles. The van der Waals surface area contributed by atoms with Gasteiger partial charge in [0.1, 0.15) is 11.6 Å². The summed E-state index contributed by atoms with van der Waals surface area (Å²) in [7, 11) is 1.33. The fraction of sp³-hybridized carbons (Fsp3) is 0.333. The summed E-state index contributed by atoms with van der Waals surface area (Å²) in [5.74, 6) is 0.268. The van der Waals surface area contributed by atoms with E-state index in [4.69, 9.17) is 28.9 Å². The van der Waals surface area contributed by atoms with Crippen molar-refractivity contribution in [3.05, 3.63) is 16.1 Å². The van der Waals surface area contributed by atoms with E-state index in [2.05, 4.69) is 15.0 Å². The van der Waals surface area contributed by atoms with Gasteiger partial charge in [0.15, 0.2) is 0 Å². The second-order valence-electron chi connectivity index (χ2n) is 2.94. The molecule has 1 rings (SSSR count). The van der Waals surface area contributed by atoms with E-state index < -0.39 is 0 Å². The van der Waals surface area contributed by atoms with Crippen LogP contribution in [0.3, 0.4) is 0 Å². The molecule has 0 aliphatic rings. The minimum Gasteiger partial charge on any atom is -0.469 e. The highest BCUT2D eigenvalue weighted by Crippen LogP contribution is 2.27. The number of hydrogen-bond acceptors (Lipinski definition) is 5. The van der Waals surface area contributed by atoms with Gasteiger partial charge in [0, 0.05) is 6.54 Å². The molecule has 0 spiro atoms. The zero-order valence-electron chi connectivity index (χ0n) is 8.59. The maximum atomic E-state index is 10.8. The molecular formula is C9H11Cl2N3O2. The molecule has 0 aliphatic heterocycles. The van der Waals surface area contributed by atoms with Crippen molar-refractivity contribution in [2.45, 2.75) is 6.42 Å². The summed E-state index contributed by atoms with van der Waals surface area (Å²) in [6.45, 7) is 0.362. The van der Waals surface area contributed by atoms with Crippen molar-refractivity contribution in [3.8, 4) is 0 Å². The van der Waals surface area contributed by atoms with E-state index >= 15 is 0 Å². The van der Waals surface area contributed by atoms with Crippen molar-refractivity contribution in [3.63, 3.8) is 0 Å². The normalized spacial score (nSPS) is 9.94. The lowest BCUT2D eigenvalue weighted by atomic mass is 10.4. The minimum atomic E-state index is -0.314. The Morgan fingerprint density at radius 2 is 2.25 bits per heavy atom. The number of methoxy groups -OCH3 is 1. The number of carbonyl (C=O) groups is 1. The average molecular weight is 264 g/mol. The van der Waals surface area contributed by atoms with Crippen LogP contribution >= 0.6 is 23.2 Å². The van der Waals surface area contributed by atoms with Crippen molar-refractivity contribution in [2.24, 2.45) is 0 Å². The SMILES string of the molecule is COC(=O)CCNc1nc(N)c(Cl)cc1Cl. The number of rotatable bonds is 4. The van der Waals surface area contributed by atoms with Crippen LogP contribution in [0.1, 0.15) is 6.42 Å². The molecule has 0 amide bonds. The second kappa shape index (κ2) is 5.77. The Kier molecular flexibility index (Phi) is 4.64. The Bertz CT molecular complexity index is 399. The fourth-order valence-electron chi connectivity index (χ4n) is 0.990. The lowest BCUT2D eigenvalue weighted by Gasteiger charge is -2.08. The first-order valence-corrected chi connectivity index (χ1v) is 5.22. The third-order valence-corrected chi connectivity index (χ3v) is 2.40. The van der Waals surface area contributed by atoms with Gasteiger partial charge < -0.3 is 15.8 Å². The standard InChI is InChI=1S/C9H11Cl2N3O2/c1-16-7(15)2-3-13-9-6(11)4-5(10)8(12)14-9/h4H,2-3H2,1H3,(H3,12,13,14). The summed E-state index contributed by atoms with van der Waals surface area (Å²) in [6.07, 6.45) is 0.219. The number of aromatic nitrogens is 1. The molecule has 16 heavy (non-hydrogen) atoms. The highest BCUT2D eigenvalue weighted by atomic mass is 35.5. The van der Waals surface area contributed by atoms with Crippen LogP contribution in [0, 0.1) is 0 Å². The number of nitrogens with one attached hydrogen (secondary N) is 1. The quantitative estimate of drug-likeness (QED) is 0.812.